The van der Waals surface area contributed by atoms with Crippen molar-refractivity contribution in [3.8, 4) is 0 Å². The fourth-order valence-corrected chi connectivity index (χ4v) is 2.58. The predicted molar refractivity (Wildman–Crippen MR) is 60.5 cm³/mol. The lowest BCUT2D eigenvalue weighted by Crippen LogP contribution is -2.48. The Hall–Kier alpha value is -0.220. The Kier molecular flexibility index (Phi) is 4.59. The number of rotatable bonds is 3. The minimum atomic E-state index is 0.366. The van der Waals surface area contributed by atoms with Gasteiger partial charge in [-0.05, 0) is 13.5 Å². The first-order chi connectivity index (χ1) is 6.25. The van der Waals surface area contributed by atoms with Crippen LogP contribution in [0.15, 0.2) is 4.99 Å². The number of amidine groups is 1. The fraction of sp³-hybridized carbons (Fsp3) is 0.889. The molecule has 76 valence electrons. The summed E-state index contributed by atoms with van der Waals surface area (Å²) in [6, 6.07) is 0.366. The molecular formula is C9H19N3S. The SMILES string of the molecule is CCCN=C(N)C1CSCCN1C. The Bertz CT molecular complexity index is 182. The molecule has 0 spiro atoms. The summed E-state index contributed by atoms with van der Waals surface area (Å²) in [4.78, 5) is 6.65. The average Bonchev–Trinajstić information content (AvgIpc) is 2.15. The standard InChI is InChI=1S/C9H19N3S/c1-3-4-11-9(10)8-7-13-6-5-12(8)2/h8H,3-7H2,1-2H3,(H2,10,11). The summed E-state index contributed by atoms with van der Waals surface area (Å²) in [7, 11) is 2.12. The van der Waals surface area contributed by atoms with E-state index in [0.717, 1.165) is 31.1 Å². The predicted octanol–water partition coefficient (Wildman–Crippen LogP) is 0.801. The number of thioether (sulfide) groups is 1. The van der Waals surface area contributed by atoms with Gasteiger partial charge in [0.15, 0.2) is 0 Å². The smallest absolute Gasteiger partial charge is 0.112 e. The summed E-state index contributed by atoms with van der Waals surface area (Å²) >= 11 is 1.97. The van der Waals surface area contributed by atoms with Crippen molar-refractivity contribution in [1.29, 1.82) is 0 Å². The molecular weight excluding hydrogens is 182 g/mol. The zero-order valence-electron chi connectivity index (χ0n) is 8.49. The molecule has 1 saturated heterocycles. The number of likely N-dealkylation sites (N-methyl/N-ethyl adjacent to an activating group) is 1. The van der Waals surface area contributed by atoms with E-state index in [0.29, 0.717) is 6.04 Å². The summed E-state index contributed by atoms with van der Waals surface area (Å²) in [5, 5.41) is 0. The molecule has 0 radical (unpaired) electrons. The molecule has 1 fully saturated rings. The maximum Gasteiger partial charge on any atom is 0.112 e. The minimum Gasteiger partial charge on any atom is -0.386 e. The zero-order chi connectivity index (χ0) is 9.68. The van der Waals surface area contributed by atoms with Crippen LogP contribution in [-0.2, 0) is 0 Å². The monoisotopic (exact) mass is 201 g/mol. The quantitative estimate of drug-likeness (QED) is 0.542. The number of hydrogen-bond donors (Lipinski definition) is 1. The van der Waals surface area contributed by atoms with Crippen LogP contribution in [0, 0.1) is 0 Å². The molecule has 3 nitrogen and oxygen atoms in total. The van der Waals surface area contributed by atoms with Gasteiger partial charge in [-0.1, -0.05) is 6.92 Å². The maximum atomic E-state index is 5.92. The fourth-order valence-electron chi connectivity index (χ4n) is 1.34. The van der Waals surface area contributed by atoms with Crippen molar-refractivity contribution in [3.63, 3.8) is 0 Å². The third-order valence-electron chi connectivity index (χ3n) is 2.26. The Morgan fingerprint density at radius 3 is 3.08 bits per heavy atom. The van der Waals surface area contributed by atoms with Crippen LogP contribution in [-0.4, -0.2) is 48.4 Å². The molecule has 4 heteroatoms. The highest BCUT2D eigenvalue weighted by Gasteiger charge is 2.21. The maximum absolute atomic E-state index is 5.92. The third kappa shape index (κ3) is 3.19. The van der Waals surface area contributed by atoms with Crippen molar-refractivity contribution in [2.45, 2.75) is 19.4 Å². The van der Waals surface area contributed by atoms with Gasteiger partial charge in [0.25, 0.3) is 0 Å². The van der Waals surface area contributed by atoms with Crippen molar-refractivity contribution in [1.82, 2.24) is 4.90 Å². The van der Waals surface area contributed by atoms with Crippen molar-refractivity contribution in [3.05, 3.63) is 0 Å². The van der Waals surface area contributed by atoms with Gasteiger partial charge in [-0.25, -0.2) is 0 Å². The van der Waals surface area contributed by atoms with Crippen molar-refractivity contribution < 1.29 is 0 Å². The van der Waals surface area contributed by atoms with E-state index in [1.807, 2.05) is 11.8 Å². The lowest BCUT2D eigenvalue weighted by atomic mass is 10.2. The largest absolute Gasteiger partial charge is 0.386 e. The second-order valence-electron chi connectivity index (χ2n) is 3.38. The normalized spacial score (nSPS) is 26.3. The lowest BCUT2D eigenvalue weighted by molar-refractivity contribution is 0.325. The van der Waals surface area contributed by atoms with Crippen LogP contribution < -0.4 is 5.73 Å². The molecule has 1 heterocycles. The van der Waals surface area contributed by atoms with E-state index >= 15 is 0 Å². The van der Waals surface area contributed by atoms with Gasteiger partial charge in [0.05, 0.1) is 6.04 Å². The number of nitrogens with two attached hydrogens (primary N) is 1. The summed E-state index contributed by atoms with van der Waals surface area (Å²) in [5.74, 6) is 3.13. The topological polar surface area (TPSA) is 41.6 Å². The second kappa shape index (κ2) is 5.50. The van der Waals surface area contributed by atoms with Gasteiger partial charge in [-0.15, -0.1) is 0 Å². The van der Waals surface area contributed by atoms with Crippen LogP contribution in [0.25, 0.3) is 0 Å². The highest BCUT2D eigenvalue weighted by molar-refractivity contribution is 7.99. The summed E-state index contributed by atoms with van der Waals surface area (Å²) < 4.78 is 0. The van der Waals surface area contributed by atoms with Crippen LogP contribution >= 0.6 is 11.8 Å². The summed E-state index contributed by atoms with van der Waals surface area (Å²) in [6.45, 7) is 4.11. The minimum absolute atomic E-state index is 0.366. The molecule has 0 saturated carbocycles. The van der Waals surface area contributed by atoms with Crippen LogP contribution in [0.1, 0.15) is 13.3 Å². The van der Waals surface area contributed by atoms with E-state index in [-0.39, 0.29) is 0 Å². The van der Waals surface area contributed by atoms with E-state index < -0.39 is 0 Å². The Morgan fingerprint density at radius 1 is 1.69 bits per heavy atom. The lowest BCUT2D eigenvalue weighted by Gasteiger charge is -2.31. The van der Waals surface area contributed by atoms with Gasteiger partial charge < -0.3 is 5.73 Å². The summed E-state index contributed by atoms with van der Waals surface area (Å²) in [5.41, 5.74) is 5.92. The van der Waals surface area contributed by atoms with E-state index in [4.69, 9.17) is 5.73 Å². The number of nitrogens with zero attached hydrogens (tertiary/aromatic N) is 2. The summed E-state index contributed by atoms with van der Waals surface area (Å²) in [6.07, 6.45) is 1.07. The molecule has 1 atom stereocenters. The van der Waals surface area contributed by atoms with Gasteiger partial charge in [0, 0.05) is 24.6 Å². The molecule has 1 aliphatic rings. The highest BCUT2D eigenvalue weighted by atomic mass is 32.2. The molecule has 0 aromatic heterocycles. The molecule has 1 aliphatic heterocycles. The molecule has 2 N–H and O–H groups in total. The first-order valence-corrected chi connectivity index (χ1v) is 5.99. The molecule has 13 heavy (non-hydrogen) atoms. The highest BCUT2D eigenvalue weighted by Crippen LogP contribution is 2.14. The second-order valence-corrected chi connectivity index (χ2v) is 4.53. The van der Waals surface area contributed by atoms with Crippen LogP contribution in [0.5, 0.6) is 0 Å². The number of aliphatic imine (C=N–C) groups is 1. The molecule has 1 rings (SSSR count). The molecule has 0 amide bonds. The van der Waals surface area contributed by atoms with E-state index in [2.05, 4.69) is 23.9 Å². The van der Waals surface area contributed by atoms with Crippen LogP contribution in [0.3, 0.4) is 0 Å². The first-order valence-electron chi connectivity index (χ1n) is 4.83. The average molecular weight is 201 g/mol. The Morgan fingerprint density at radius 2 is 2.46 bits per heavy atom. The molecule has 0 aromatic rings. The molecule has 0 aliphatic carbocycles. The van der Waals surface area contributed by atoms with Crippen LogP contribution in [0.4, 0.5) is 0 Å². The Balaban J connectivity index is 2.47. The molecule has 0 bridgehead atoms. The van der Waals surface area contributed by atoms with Crippen molar-refractivity contribution >= 4 is 17.6 Å². The van der Waals surface area contributed by atoms with Gasteiger partial charge in [0.1, 0.15) is 5.84 Å². The van der Waals surface area contributed by atoms with Gasteiger partial charge >= 0.3 is 0 Å². The number of hydrogen-bond acceptors (Lipinski definition) is 3. The Labute approximate surface area is 84.8 Å². The van der Waals surface area contributed by atoms with E-state index in [1.54, 1.807) is 0 Å². The molecule has 0 aromatic carbocycles. The van der Waals surface area contributed by atoms with Crippen molar-refractivity contribution in [2.24, 2.45) is 10.7 Å². The van der Waals surface area contributed by atoms with Gasteiger partial charge in [-0.2, -0.15) is 11.8 Å². The van der Waals surface area contributed by atoms with Crippen LogP contribution in [0.2, 0.25) is 0 Å². The van der Waals surface area contributed by atoms with Gasteiger partial charge in [-0.3, -0.25) is 9.89 Å². The molecule has 1 unspecified atom stereocenters. The van der Waals surface area contributed by atoms with E-state index in [9.17, 15) is 0 Å². The van der Waals surface area contributed by atoms with Gasteiger partial charge in [0.2, 0.25) is 0 Å². The zero-order valence-corrected chi connectivity index (χ0v) is 9.31. The third-order valence-corrected chi connectivity index (χ3v) is 3.28. The first kappa shape index (κ1) is 10.9. The van der Waals surface area contributed by atoms with Crippen molar-refractivity contribution in [2.75, 3.05) is 31.6 Å². The van der Waals surface area contributed by atoms with E-state index in [1.165, 1.54) is 5.75 Å².